The van der Waals surface area contributed by atoms with E-state index in [0.717, 1.165) is 11.6 Å². The second-order valence-corrected chi connectivity index (χ2v) is 4.99. The molecule has 0 saturated carbocycles. The molecular formula is C16H12FNO4. The molecule has 0 aliphatic heterocycles. The molecule has 112 valence electrons. The normalized spacial score (nSPS) is 11.0. The van der Waals surface area contributed by atoms with Gasteiger partial charge in [0.25, 0.3) is 5.56 Å². The van der Waals surface area contributed by atoms with Crippen LogP contribution in [0.4, 0.5) is 4.39 Å². The van der Waals surface area contributed by atoms with Gasteiger partial charge in [0, 0.05) is 11.8 Å². The van der Waals surface area contributed by atoms with E-state index in [-0.39, 0.29) is 23.3 Å². The molecule has 3 aromatic rings. The summed E-state index contributed by atoms with van der Waals surface area (Å²) in [4.78, 5) is 23.8. The van der Waals surface area contributed by atoms with Crippen LogP contribution in [0.1, 0.15) is 11.3 Å². The first-order valence-electron chi connectivity index (χ1n) is 6.57. The van der Waals surface area contributed by atoms with Gasteiger partial charge >= 0.3 is 5.63 Å². The highest BCUT2D eigenvalue weighted by Gasteiger charge is 2.13. The van der Waals surface area contributed by atoms with Gasteiger partial charge in [-0.05, 0) is 24.6 Å². The highest BCUT2D eigenvalue weighted by Crippen LogP contribution is 2.20. The van der Waals surface area contributed by atoms with Gasteiger partial charge in [-0.15, -0.1) is 0 Å². The van der Waals surface area contributed by atoms with Gasteiger partial charge in [-0.3, -0.25) is 4.79 Å². The fraction of sp³-hybridized carbons (Fsp3) is 0.125. The topological polar surface area (TPSA) is 72.4 Å². The quantitative estimate of drug-likeness (QED) is 0.787. The molecule has 2 heterocycles. The van der Waals surface area contributed by atoms with E-state index < -0.39 is 16.9 Å². The van der Waals surface area contributed by atoms with Crippen molar-refractivity contribution in [3.05, 3.63) is 74.2 Å². The lowest BCUT2D eigenvalue weighted by Crippen LogP contribution is -2.23. The van der Waals surface area contributed by atoms with Crippen LogP contribution >= 0.6 is 0 Å². The Morgan fingerprint density at radius 2 is 1.86 bits per heavy atom. The van der Waals surface area contributed by atoms with E-state index in [9.17, 15) is 19.1 Å². The molecular weight excluding hydrogens is 289 g/mol. The molecule has 0 radical (unpaired) electrons. The Balaban J connectivity index is 2.20. The summed E-state index contributed by atoms with van der Waals surface area (Å²) < 4.78 is 19.3. The van der Waals surface area contributed by atoms with E-state index in [2.05, 4.69) is 0 Å². The van der Waals surface area contributed by atoms with Crippen molar-refractivity contribution in [2.75, 3.05) is 0 Å². The number of pyridine rings is 1. The van der Waals surface area contributed by atoms with Crippen LogP contribution in [-0.2, 0) is 6.54 Å². The second-order valence-electron chi connectivity index (χ2n) is 4.99. The summed E-state index contributed by atoms with van der Waals surface area (Å²) in [7, 11) is 0. The predicted molar refractivity (Wildman–Crippen MR) is 78.6 cm³/mol. The Labute approximate surface area is 123 Å². The highest BCUT2D eigenvalue weighted by atomic mass is 19.1. The fourth-order valence-electron chi connectivity index (χ4n) is 2.35. The lowest BCUT2D eigenvalue weighted by molar-refractivity contribution is 0.466. The molecule has 1 N–H and O–H groups in total. The predicted octanol–water partition coefficient (Wildman–Crippen LogP) is 2.16. The van der Waals surface area contributed by atoms with E-state index in [1.807, 2.05) is 0 Å². The molecule has 0 unspecified atom stereocenters. The van der Waals surface area contributed by atoms with Crippen LogP contribution in [0.25, 0.3) is 11.0 Å². The largest absolute Gasteiger partial charge is 0.507 e. The summed E-state index contributed by atoms with van der Waals surface area (Å²) in [5.74, 6) is -0.769. The molecule has 0 amide bonds. The van der Waals surface area contributed by atoms with Crippen LogP contribution < -0.4 is 11.2 Å². The SMILES string of the molecule is Cc1cc2oc(=O)cc(O)c2c(=O)n1Cc1ccc(F)cc1. The maximum Gasteiger partial charge on any atom is 0.339 e. The number of benzene rings is 1. The van der Waals surface area contributed by atoms with Crippen molar-refractivity contribution in [2.24, 2.45) is 0 Å². The van der Waals surface area contributed by atoms with Gasteiger partial charge in [0.1, 0.15) is 22.5 Å². The van der Waals surface area contributed by atoms with Gasteiger partial charge in [0.2, 0.25) is 0 Å². The Morgan fingerprint density at radius 1 is 1.18 bits per heavy atom. The summed E-state index contributed by atoms with van der Waals surface area (Å²) in [6.45, 7) is 1.91. The molecule has 22 heavy (non-hydrogen) atoms. The van der Waals surface area contributed by atoms with Crippen molar-refractivity contribution in [2.45, 2.75) is 13.5 Å². The number of hydrogen-bond donors (Lipinski definition) is 1. The Hall–Kier alpha value is -2.89. The lowest BCUT2D eigenvalue weighted by atomic mass is 10.2. The third kappa shape index (κ3) is 2.39. The third-order valence-corrected chi connectivity index (χ3v) is 3.45. The molecule has 1 aromatic carbocycles. The number of aromatic nitrogens is 1. The number of halogens is 1. The standard InChI is InChI=1S/C16H12FNO4/c1-9-6-13-15(12(19)7-14(20)22-13)16(21)18(9)8-10-2-4-11(17)5-3-10/h2-7,19H,8H2,1H3. The summed E-state index contributed by atoms with van der Waals surface area (Å²) >= 11 is 0. The molecule has 5 nitrogen and oxygen atoms in total. The van der Waals surface area contributed by atoms with Crippen molar-refractivity contribution >= 4 is 11.0 Å². The second kappa shape index (κ2) is 5.14. The third-order valence-electron chi connectivity index (χ3n) is 3.45. The monoisotopic (exact) mass is 301 g/mol. The van der Waals surface area contributed by atoms with Crippen LogP contribution in [0.5, 0.6) is 5.75 Å². The van der Waals surface area contributed by atoms with E-state index in [1.54, 1.807) is 19.1 Å². The summed E-state index contributed by atoms with van der Waals surface area (Å²) in [6, 6.07) is 8.16. The molecule has 0 atom stereocenters. The first-order valence-corrected chi connectivity index (χ1v) is 6.57. The summed E-state index contributed by atoms with van der Waals surface area (Å²) in [5.41, 5.74) is 0.155. The first-order chi connectivity index (χ1) is 10.5. The smallest absolute Gasteiger partial charge is 0.339 e. The minimum atomic E-state index is -0.722. The van der Waals surface area contributed by atoms with Crippen molar-refractivity contribution in [1.29, 1.82) is 0 Å². The molecule has 6 heteroatoms. The number of aromatic hydroxyl groups is 1. The summed E-state index contributed by atoms with van der Waals surface area (Å²) in [6.07, 6.45) is 0. The number of hydrogen-bond acceptors (Lipinski definition) is 4. The number of fused-ring (bicyclic) bond motifs is 1. The van der Waals surface area contributed by atoms with Gasteiger partial charge in [-0.2, -0.15) is 0 Å². The van der Waals surface area contributed by atoms with Crippen LogP contribution in [0, 0.1) is 12.7 Å². The molecule has 0 aliphatic rings. The average Bonchev–Trinajstić information content (AvgIpc) is 2.44. The van der Waals surface area contributed by atoms with Gasteiger partial charge in [0.05, 0.1) is 12.6 Å². The van der Waals surface area contributed by atoms with Crippen molar-refractivity contribution in [1.82, 2.24) is 4.57 Å². The van der Waals surface area contributed by atoms with Crippen LogP contribution in [0.15, 0.2) is 50.4 Å². The van der Waals surface area contributed by atoms with Crippen LogP contribution in [0.3, 0.4) is 0 Å². The molecule has 0 aliphatic carbocycles. The maximum absolute atomic E-state index is 12.9. The van der Waals surface area contributed by atoms with E-state index in [1.165, 1.54) is 22.8 Å². The molecule has 0 saturated heterocycles. The van der Waals surface area contributed by atoms with E-state index >= 15 is 0 Å². The van der Waals surface area contributed by atoms with Gasteiger partial charge in [-0.1, -0.05) is 12.1 Å². The Bertz CT molecular complexity index is 970. The minimum absolute atomic E-state index is 0.0443. The minimum Gasteiger partial charge on any atom is -0.507 e. The van der Waals surface area contributed by atoms with Crippen LogP contribution in [0.2, 0.25) is 0 Å². The molecule has 3 rings (SSSR count). The van der Waals surface area contributed by atoms with E-state index in [4.69, 9.17) is 4.42 Å². The maximum atomic E-state index is 12.9. The van der Waals surface area contributed by atoms with Crippen molar-refractivity contribution < 1.29 is 13.9 Å². The van der Waals surface area contributed by atoms with Gasteiger partial charge in [-0.25, -0.2) is 9.18 Å². The van der Waals surface area contributed by atoms with Gasteiger partial charge in [0.15, 0.2) is 0 Å². The fourth-order valence-corrected chi connectivity index (χ4v) is 2.35. The molecule has 0 spiro atoms. The number of rotatable bonds is 2. The Morgan fingerprint density at radius 3 is 2.55 bits per heavy atom. The first kappa shape index (κ1) is 14.1. The molecule has 0 bridgehead atoms. The number of nitrogens with zero attached hydrogens (tertiary/aromatic N) is 1. The summed E-state index contributed by atoms with van der Waals surface area (Å²) in [5, 5.41) is 9.78. The number of aryl methyl sites for hydroxylation is 1. The Kier molecular flexibility index (Phi) is 3.29. The zero-order valence-corrected chi connectivity index (χ0v) is 11.7. The van der Waals surface area contributed by atoms with Crippen LogP contribution in [-0.4, -0.2) is 9.67 Å². The van der Waals surface area contributed by atoms with Crippen molar-refractivity contribution in [3.8, 4) is 5.75 Å². The van der Waals surface area contributed by atoms with Gasteiger partial charge < -0.3 is 14.1 Å². The zero-order chi connectivity index (χ0) is 15.9. The lowest BCUT2D eigenvalue weighted by Gasteiger charge is -2.11. The zero-order valence-electron chi connectivity index (χ0n) is 11.7. The molecule has 0 fully saturated rings. The van der Waals surface area contributed by atoms with E-state index in [0.29, 0.717) is 5.69 Å². The average molecular weight is 301 g/mol. The highest BCUT2D eigenvalue weighted by molar-refractivity contribution is 5.82. The van der Waals surface area contributed by atoms with Crippen molar-refractivity contribution in [3.63, 3.8) is 0 Å². The molecule has 2 aromatic heterocycles.